The Labute approximate surface area is 175 Å². The number of hydrogen-bond donors (Lipinski definition) is 2. The molecule has 0 fully saturated rings. The topological polar surface area (TPSA) is 84.5 Å². The summed E-state index contributed by atoms with van der Waals surface area (Å²) in [6, 6.07) is 16.7. The predicted molar refractivity (Wildman–Crippen MR) is 116 cm³/mol. The molecule has 2 rings (SSSR count). The third kappa shape index (κ3) is 8.66. The van der Waals surface area contributed by atoms with E-state index in [1.807, 2.05) is 30.3 Å². The lowest BCUT2D eigenvalue weighted by Gasteiger charge is -2.10. The zero-order chi connectivity index (χ0) is 21.1. The lowest BCUT2D eigenvalue weighted by molar-refractivity contribution is -0.145. The van der Waals surface area contributed by atoms with Crippen LogP contribution in [0.3, 0.4) is 0 Å². The largest absolute Gasteiger partial charge is 0.466 e. The first-order chi connectivity index (χ1) is 13.9. The summed E-state index contributed by atoms with van der Waals surface area (Å²) in [6.07, 6.45) is 1.53. The fourth-order valence-corrected chi connectivity index (χ4v) is 2.79. The molecule has 7 heteroatoms. The number of nitrogens with one attached hydrogen (secondary N) is 2. The van der Waals surface area contributed by atoms with Gasteiger partial charge in [0.25, 0.3) is 0 Å². The molecule has 2 aromatic carbocycles. The Morgan fingerprint density at radius 2 is 1.76 bits per heavy atom. The van der Waals surface area contributed by atoms with Gasteiger partial charge in [-0.25, -0.2) is 0 Å². The molecule has 6 nitrogen and oxygen atoms in total. The molecular formula is C22H24N2O4S. The van der Waals surface area contributed by atoms with Gasteiger partial charge in [0.1, 0.15) is 0 Å². The molecule has 152 valence electrons. The summed E-state index contributed by atoms with van der Waals surface area (Å²) in [5.41, 5.74) is 2.33. The molecule has 0 aliphatic rings. The SMILES string of the molecule is CC(=O)c1cccc(NC(=S)NC(=O)CCC(=O)OCCCc2ccccc2)c1. The molecule has 2 aromatic rings. The molecule has 0 saturated heterocycles. The number of hydrogen-bond acceptors (Lipinski definition) is 5. The highest BCUT2D eigenvalue weighted by molar-refractivity contribution is 7.80. The molecule has 0 aliphatic carbocycles. The van der Waals surface area contributed by atoms with E-state index in [1.165, 1.54) is 12.5 Å². The molecular weight excluding hydrogens is 388 g/mol. The fourth-order valence-electron chi connectivity index (χ4n) is 2.56. The fraction of sp³-hybridized carbons (Fsp3) is 0.273. The molecule has 0 spiro atoms. The third-order valence-electron chi connectivity index (χ3n) is 4.05. The van der Waals surface area contributed by atoms with Crippen molar-refractivity contribution in [1.29, 1.82) is 0 Å². The van der Waals surface area contributed by atoms with E-state index in [9.17, 15) is 14.4 Å². The number of ether oxygens (including phenoxy) is 1. The molecule has 0 unspecified atom stereocenters. The molecule has 2 N–H and O–H groups in total. The van der Waals surface area contributed by atoms with Crippen LogP contribution in [0.1, 0.15) is 42.1 Å². The standard InChI is InChI=1S/C22H24N2O4S/c1-16(25)18-10-5-11-19(15-18)23-22(29)24-20(26)12-13-21(27)28-14-6-9-17-7-3-2-4-8-17/h2-5,7-8,10-11,15H,6,9,12-14H2,1H3,(H2,23,24,26,29). The smallest absolute Gasteiger partial charge is 0.306 e. The van der Waals surface area contributed by atoms with Crippen molar-refractivity contribution in [3.05, 3.63) is 65.7 Å². The van der Waals surface area contributed by atoms with Crippen LogP contribution in [0.5, 0.6) is 0 Å². The van der Waals surface area contributed by atoms with E-state index in [0.717, 1.165) is 12.8 Å². The maximum Gasteiger partial charge on any atom is 0.306 e. The van der Waals surface area contributed by atoms with Crippen LogP contribution >= 0.6 is 12.2 Å². The van der Waals surface area contributed by atoms with E-state index in [1.54, 1.807) is 24.3 Å². The highest BCUT2D eigenvalue weighted by atomic mass is 32.1. The number of amides is 1. The van der Waals surface area contributed by atoms with E-state index in [-0.39, 0.29) is 29.6 Å². The average Bonchev–Trinajstić information content (AvgIpc) is 2.70. The van der Waals surface area contributed by atoms with Crippen LogP contribution in [-0.2, 0) is 20.7 Å². The van der Waals surface area contributed by atoms with Crippen molar-refractivity contribution in [3.63, 3.8) is 0 Å². The van der Waals surface area contributed by atoms with Crippen LogP contribution < -0.4 is 10.6 Å². The van der Waals surface area contributed by atoms with Crippen LogP contribution in [0.25, 0.3) is 0 Å². The molecule has 0 radical (unpaired) electrons. The van der Waals surface area contributed by atoms with Crippen molar-refractivity contribution in [2.45, 2.75) is 32.6 Å². The lowest BCUT2D eigenvalue weighted by atomic mass is 10.1. The Balaban J connectivity index is 1.63. The summed E-state index contributed by atoms with van der Waals surface area (Å²) in [5, 5.41) is 5.46. The Hall–Kier alpha value is -3.06. The second-order valence-corrected chi connectivity index (χ2v) is 6.86. The van der Waals surface area contributed by atoms with Gasteiger partial charge in [0.05, 0.1) is 13.0 Å². The van der Waals surface area contributed by atoms with Gasteiger partial charge in [-0.05, 0) is 49.7 Å². The zero-order valence-corrected chi connectivity index (χ0v) is 17.1. The van der Waals surface area contributed by atoms with Crippen LogP contribution in [0.15, 0.2) is 54.6 Å². The summed E-state index contributed by atoms with van der Waals surface area (Å²) in [5.74, 6) is -0.862. The first-order valence-electron chi connectivity index (χ1n) is 9.35. The van der Waals surface area contributed by atoms with Gasteiger partial charge in [-0.2, -0.15) is 0 Å². The van der Waals surface area contributed by atoms with Crippen molar-refractivity contribution in [2.75, 3.05) is 11.9 Å². The Morgan fingerprint density at radius 3 is 2.48 bits per heavy atom. The number of Topliss-reactive ketones (excluding diaryl/α,β-unsaturated/α-hetero) is 1. The summed E-state index contributed by atoms with van der Waals surface area (Å²) in [7, 11) is 0. The van der Waals surface area contributed by atoms with Gasteiger partial charge in [-0.15, -0.1) is 0 Å². The minimum atomic E-state index is -0.416. The van der Waals surface area contributed by atoms with Gasteiger partial charge in [0.15, 0.2) is 10.9 Å². The predicted octanol–water partition coefficient (Wildman–Crippen LogP) is 3.66. The number of benzene rings is 2. The average molecular weight is 413 g/mol. The summed E-state index contributed by atoms with van der Waals surface area (Å²) < 4.78 is 5.15. The maximum absolute atomic E-state index is 11.9. The van der Waals surface area contributed by atoms with E-state index >= 15 is 0 Å². The van der Waals surface area contributed by atoms with Crippen LogP contribution in [0, 0.1) is 0 Å². The highest BCUT2D eigenvalue weighted by Crippen LogP contribution is 2.11. The normalized spacial score (nSPS) is 10.1. The van der Waals surface area contributed by atoms with Gasteiger partial charge in [0.2, 0.25) is 5.91 Å². The number of esters is 1. The quantitative estimate of drug-likeness (QED) is 0.283. The van der Waals surface area contributed by atoms with Crippen molar-refractivity contribution in [1.82, 2.24) is 5.32 Å². The zero-order valence-electron chi connectivity index (χ0n) is 16.3. The molecule has 1 amide bonds. The van der Waals surface area contributed by atoms with E-state index in [0.29, 0.717) is 17.9 Å². The number of carbonyl (C=O) groups excluding carboxylic acids is 3. The Bertz CT molecular complexity index is 868. The first-order valence-corrected chi connectivity index (χ1v) is 9.76. The van der Waals surface area contributed by atoms with Gasteiger partial charge in [-0.1, -0.05) is 42.5 Å². The maximum atomic E-state index is 11.9. The summed E-state index contributed by atoms with van der Waals surface area (Å²) >= 11 is 5.09. The molecule has 0 aliphatic heterocycles. The molecule has 0 bridgehead atoms. The van der Waals surface area contributed by atoms with E-state index in [4.69, 9.17) is 17.0 Å². The number of rotatable bonds is 9. The second-order valence-electron chi connectivity index (χ2n) is 6.45. The van der Waals surface area contributed by atoms with Crippen molar-refractivity contribution < 1.29 is 19.1 Å². The second kappa shape index (κ2) is 11.7. The summed E-state index contributed by atoms with van der Waals surface area (Å²) in [4.78, 5) is 35.1. The lowest BCUT2D eigenvalue weighted by Crippen LogP contribution is -2.34. The van der Waals surface area contributed by atoms with Crippen LogP contribution in [0.4, 0.5) is 5.69 Å². The molecule has 0 aromatic heterocycles. The third-order valence-corrected chi connectivity index (χ3v) is 4.26. The monoisotopic (exact) mass is 412 g/mol. The van der Waals surface area contributed by atoms with Crippen LogP contribution in [0.2, 0.25) is 0 Å². The van der Waals surface area contributed by atoms with Gasteiger partial charge < -0.3 is 15.4 Å². The van der Waals surface area contributed by atoms with Crippen molar-refractivity contribution >= 4 is 40.7 Å². The Morgan fingerprint density at radius 1 is 1.00 bits per heavy atom. The molecule has 0 saturated carbocycles. The van der Waals surface area contributed by atoms with Crippen LogP contribution in [-0.4, -0.2) is 29.4 Å². The minimum absolute atomic E-state index is 0.0143. The Kier molecular flexibility index (Phi) is 8.98. The van der Waals surface area contributed by atoms with E-state index < -0.39 is 5.97 Å². The number of anilines is 1. The minimum Gasteiger partial charge on any atom is -0.466 e. The first kappa shape index (κ1) is 22.2. The highest BCUT2D eigenvalue weighted by Gasteiger charge is 2.10. The number of carbonyl (C=O) groups is 3. The van der Waals surface area contributed by atoms with Crippen molar-refractivity contribution in [2.24, 2.45) is 0 Å². The number of thiocarbonyl (C=S) groups is 1. The molecule has 29 heavy (non-hydrogen) atoms. The van der Waals surface area contributed by atoms with E-state index in [2.05, 4.69) is 10.6 Å². The molecule has 0 heterocycles. The number of ketones is 1. The van der Waals surface area contributed by atoms with Gasteiger partial charge in [-0.3, -0.25) is 14.4 Å². The van der Waals surface area contributed by atoms with Gasteiger partial charge in [0, 0.05) is 17.7 Å². The summed E-state index contributed by atoms with van der Waals surface area (Å²) in [6.45, 7) is 1.79. The van der Waals surface area contributed by atoms with Gasteiger partial charge >= 0.3 is 5.97 Å². The molecule has 0 atom stereocenters. The van der Waals surface area contributed by atoms with Crippen molar-refractivity contribution in [3.8, 4) is 0 Å². The number of aryl methyl sites for hydroxylation is 1.